The molecule has 7 heteroatoms. The van der Waals surface area contributed by atoms with Crippen molar-refractivity contribution in [1.29, 1.82) is 0 Å². The molecule has 0 aliphatic carbocycles. The normalized spacial score (nSPS) is 12.6. The number of thiol groups is 1. The van der Waals surface area contributed by atoms with Gasteiger partial charge in [0, 0.05) is 12.2 Å². The number of hydrogen-bond acceptors (Lipinski definition) is 4. The van der Waals surface area contributed by atoms with Gasteiger partial charge in [-0.2, -0.15) is 12.6 Å². The topological polar surface area (TPSA) is 95.5 Å². The van der Waals surface area contributed by atoms with Gasteiger partial charge in [0.15, 0.2) is 0 Å². The van der Waals surface area contributed by atoms with E-state index in [-0.39, 0.29) is 18.1 Å². The van der Waals surface area contributed by atoms with Gasteiger partial charge < -0.3 is 15.7 Å². The molecule has 0 bridgehead atoms. The summed E-state index contributed by atoms with van der Waals surface area (Å²) in [6.45, 7) is 1.94. The van der Waals surface area contributed by atoms with E-state index in [9.17, 15) is 19.5 Å². The molecule has 0 aromatic heterocycles. The van der Waals surface area contributed by atoms with Crippen LogP contribution in [0.5, 0.6) is 0 Å². The molecule has 176 valence electrons. The van der Waals surface area contributed by atoms with Crippen molar-refractivity contribution in [3.63, 3.8) is 0 Å². The lowest BCUT2D eigenvalue weighted by molar-refractivity contribution is -0.141. The van der Waals surface area contributed by atoms with Gasteiger partial charge in [-0.05, 0) is 23.6 Å². The number of carboxylic acid groups (broad SMARTS) is 1. The molecule has 3 aromatic rings. The molecule has 0 unspecified atom stereocenters. The van der Waals surface area contributed by atoms with Crippen LogP contribution in [-0.4, -0.2) is 40.7 Å². The molecule has 0 saturated heterocycles. The highest BCUT2D eigenvalue weighted by atomic mass is 32.1. The summed E-state index contributed by atoms with van der Waals surface area (Å²) in [5.41, 5.74) is 3.46. The van der Waals surface area contributed by atoms with Crippen LogP contribution < -0.4 is 10.6 Å². The van der Waals surface area contributed by atoms with Crippen LogP contribution in [0.25, 0.3) is 0 Å². The standard InChI is InChI=1S/C27H28N2O4S/c1-18-9-8-10-19(15-18)16-22(25(30)29-23(17-34)27(32)33)28-26(31)24(20-11-4-2-5-12-20)21-13-6-3-7-14-21/h2-15,22-24,34H,16-17H2,1H3,(H,28,31)(H,29,30)(H,32,33)/t22-,23-/m0/s1. The number of carbonyl (C=O) groups excluding carboxylic acids is 2. The summed E-state index contributed by atoms with van der Waals surface area (Å²) in [4.78, 5) is 38.1. The minimum Gasteiger partial charge on any atom is -0.480 e. The number of aryl methyl sites for hydroxylation is 1. The molecule has 2 amide bonds. The first-order valence-electron chi connectivity index (χ1n) is 11.0. The van der Waals surface area contributed by atoms with Crippen LogP contribution in [0, 0.1) is 6.92 Å². The van der Waals surface area contributed by atoms with E-state index in [4.69, 9.17) is 0 Å². The third kappa shape index (κ3) is 6.71. The largest absolute Gasteiger partial charge is 0.480 e. The molecule has 0 aliphatic rings. The Balaban J connectivity index is 1.91. The Morgan fingerprint density at radius 3 is 1.85 bits per heavy atom. The van der Waals surface area contributed by atoms with E-state index in [0.29, 0.717) is 0 Å². The van der Waals surface area contributed by atoms with Gasteiger partial charge in [-0.25, -0.2) is 4.79 Å². The quantitative estimate of drug-likeness (QED) is 0.338. The van der Waals surface area contributed by atoms with Crippen molar-refractivity contribution in [1.82, 2.24) is 10.6 Å². The number of carboxylic acids is 1. The Hall–Kier alpha value is -3.58. The molecule has 0 saturated carbocycles. The molecule has 3 aromatic carbocycles. The number of amides is 2. The maximum Gasteiger partial charge on any atom is 0.327 e. The van der Waals surface area contributed by atoms with Gasteiger partial charge in [-0.15, -0.1) is 0 Å². The lowest BCUT2D eigenvalue weighted by Gasteiger charge is -2.24. The van der Waals surface area contributed by atoms with Crippen LogP contribution in [0.3, 0.4) is 0 Å². The summed E-state index contributed by atoms with van der Waals surface area (Å²) in [5, 5.41) is 14.7. The summed E-state index contributed by atoms with van der Waals surface area (Å²) in [6, 6.07) is 24.2. The SMILES string of the molecule is Cc1cccc(C[C@H](NC(=O)C(c2ccccc2)c2ccccc2)C(=O)N[C@@H](CS)C(=O)O)c1. The van der Waals surface area contributed by atoms with Crippen LogP contribution in [-0.2, 0) is 20.8 Å². The minimum absolute atomic E-state index is 0.0666. The molecular formula is C27H28N2O4S. The Morgan fingerprint density at radius 1 is 0.794 bits per heavy atom. The minimum atomic E-state index is -1.18. The Morgan fingerprint density at radius 2 is 1.35 bits per heavy atom. The van der Waals surface area contributed by atoms with Gasteiger partial charge in [0.25, 0.3) is 0 Å². The van der Waals surface area contributed by atoms with Crippen LogP contribution in [0.2, 0.25) is 0 Å². The summed E-state index contributed by atoms with van der Waals surface area (Å²) in [7, 11) is 0. The fraction of sp³-hybridized carbons (Fsp3) is 0.222. The monoisotopic (exact) mass is 476 g/mol. The van der Waals surface area contributed by atoms with Gasteiger partial charge in [0.2, 0.25) is 11.8 Å². The van der Waals surface area contributed by atoms with Crippen molar-refractivity contribution in [2.45, 2.75) is 31.3 Å². The lowest BCUT2D eigenvalue weighted by Crippen LogP contribution is -2.53. The van der Waals surface area contributed by atoms with Gasteiger partial charge in [0.1, 0.15) is 12.1 Å². The van der Waals surface area contributed by atoms with Gasteiger partial charge >= 0.3 is 5.97 Å². The summed E-state index contributed by atoms with van der Waals surface area (Å²) >= 11 is 4.03. The van der Waals surface area contributed by atoms with E-state index >= 15 is 0 Å². The number of aliphatic carboxylic acids is 1. The molecule has 0 radical (unpaired) electrons. The third-order valence-corrected chi connectivity index (χ3v) is 5.85. The average molecular weight is 477 g/mol. The van der Waals surface area contributed by atoms with Crippen molar-refractivity contribution >= 4 is 30.4 Å². The van der Waals surface area contributed by atoms with E-state index in [2.05, 4.69) is 23.3 Å². The van der Waals surface area contributed by atoms with E-state index in [0.717, 1.165) is 22.3 Å². The Labute approximate surface area is 204 Å². The fourth-order valence-electron chi connectivity index (χ4n) is 3.78. The van der Waals surface area contributed by atoms with Crippen molar-refractivity contribution in [3.8, 4) is 0 Å². The van der Waals surface area contributed by atoms with Gasteiger partial charge in [-0.3, -0.25) is 9.59 Å². The average Bonchev–Trinajstić information content (AvgIpc) is 2.83. The fourth-order valence-corrected chi connectivity index (χ4v) is 4.03. The number of benzene rings is 3. The van der Waals surface area contributed by atoms with E-state index in [1.165, 1.54) is 0 Å². The van der Waals surface area contributed by atoms with E-state index < -0.39 is 29.9 Å². The highest BCUT2D eigenvalue weighted by Gasteiger charge is 2.30. The highest BCUT2D eigenvalue weighted by Crippen LogP contribution is 2.25. The molecule has 3 rings (SSSR count). The summed E-state index contributed by atoms with van der Waals surface area (Å²) in [5.74, 6) is -2.80. The first-order chi connectivity index (χ1) is 16.4. The lowest BCUT2D eigenvalue weighted by atomic mass is 9.90. The van der Waals surface area contributed by atoms with Crippen molar-refractivity contribution in [2.24, 2.45) is 0 Å². The summed E-state index contributed by atoms with van der Waals surface area (Å²) < 4.78 is 0. The zero-order valence-electron chi connectivity index (χ0n) is 18.8. The second-order valence-corrected chi connectivity index (χ2v) is 8.46. The first-order valence-corrected chi connectivity index (χ1v) is 11.6. The number of hydrogen-bond donors (Lipinski definition) is 4. The molecular weight excluding hydrogens is 448 g/mol. The second-order valence-electron chi connectivity index (χ2n) is 8.09. The molecule has 0 aliphatic heterocycles. The van der Waals surface area contributed by atoms with Crippen LogP contribution in [0.1, 0.15) is 28.2 Å². The number of nitrogens with one attached hydrogen (secondary N) is 2. The molecule has 2 atom stereocenters. The first kappa shape index (κ1) is 25.1. The van der Waals surface area contributed by atoms with Crippen LogP contribution >= 0.6 is 12.6 Å². The zero-order valence-corrected chi connectivity index (χ0v) is 19.7. The number of carbonyl (C=O) groups is 3. The zero-order chi connectivity index (χ0) is 24.5. The predicted octanol–water partition coefficient (Wildman–Crippen LogP) is 3.35. The molecule has 0 heterocycles. The summed E-state index contributed by atoms with van der Waals surface area (Å²) in [6.07, 6.45) is 0.217. The maximum atomic E-state index is 13.6. The van der Waals surface area contributed by atoms with Crippen LogP contribution in [0.15, 0.2) is 84.9 Å². The van der Waals surface area contributed by atoms with Crippen molar-refractivity contribution in [3.05, 3.63) is 107 Å². The predicted molar refractivity (Wildman–Crippen MR) is 135 cm³/mol. The molecule has 34 heavy (non-hydrogen) atoms. The van der Waals surface area contributed by atoms with Gasteiger partial charge in [-0.1, -0.05) is 90.5 Å². The van der Waals surface area contributed by atoms with E-state index in [1.54, 1.807) is 0 Å². The van der Waals surface area contributed by atoms with E-state index in [1.807, 2.05) is 91.9 Å². The van der Waals surface area contributed by atoms with Crippen molar-refractivity contribution < 1.29 is 19.5 Å². The highest BCUT2D eigenvalue weighted by molar-refractivity contribution is 7.80. The molecule has 0 spiro atoms. The van der Waals surface area contributed by atoms with Gasteiger partial charge in [0.05, 0.1) is 5.92 Å². The van der Waals surface area contributed by atoms with Crippen LogP contribution in [0.4, 0.5) is 0 Å². The molecule has 6 nitrogen and oxygen atoms in total. The third-order valence-electron chi connectivity index (χ3n) is 5.48. The second kappa shape index (κ2) is 12.0. The smallest absolute Gasteiger partial charge is 0.327 e. The molecule has 0 fully saturated rings. The number of rotatable bonds is 10. The maximum absolute atomic E-state index is 13.6. The Kier molecular flexibility index (Phi) is 8.87. The molecule has 3 N–H and O–H groups in total. The Bertz CT molecular complexity index is 1080. The van der Waals surface area contributed by atoms with Crippen molar-refractivity contribution in [2.75, 3.05) is 5.75 Å².